The van der Waals surface area contributed by atoms with E-state index in [1.165, 1.54) is 68.9 Å². The van der Waals surface area contributed by atoms with Gasteiger partial charge in [-0.25, -0.2) is 0 Å². The van der Waals surface area contributed by atoms with E-state index in [0.717, 1.165) is 0 Å². The van der Waals surface area contributed by atoms with Crippen molar-refractivity contribution in [2.24, 2.45) is 0 Å². The minimum absolute atomic E-state index is 1.26. The number of benzene rings is 1. The second-order valence-corrected chi connectivity index (χ2v) is 5.97. The highest BCUT2D eigenvalue weighted by Gasteiger charge is 2.04. The van der Waals surface area contributed by atoms with E-state index in [1.54, 1.807) is 11.1 Å². The number of aryl methyl sites for hydroxylation is 4. The maximum atomic E-state index is 2.45. The van der Waals surface area contributed by atoms with Crippen LogP contribution in [0.4, 0.5) is 0 Å². The Morgan fingerprint density at radius 3 is 1.43 bits per heavy atom. The van der Waals surface area contributed by atoms with E-state index in [-0.39, 0.29) is 0 Å². The summed E-state index contributed by atoms with van der Waals surface area (Å²) in [6.45, 7) is 13.1. The largest absolute Gasteiger partial charge is 0.0683 e. The third-order valence-electron chi connectivity index (χ3n) is 4.14. The van der Waals surface area contributed by atoms with Crippen LogP contribution >= 0.6 is 0 Å². The molecule has 0 heteroatoms. The van der Waals surface area contributed by atoms with E-state index in [9.17, 15) is 0 Å². The van der Waals surface area contributed by atoms with Gasteiger partial charge in [0.1, 0.15) is 0 Å². The third kappa shape index (κ3) is 8.29. The standard InChI is InChI=1S/C19H32.C2H6/c1-5-7-9-11-13-19-15-16(3)18(14-17(19)4)12-10-8-6-2;1-2/h14-15H,5-13H2,1-4H3;1-2H3. The first-order valence-corrected chi connectivity index (χ1v) is 9.28. The lowest BCUT2D eigenvalue weighted by atomic mass is 9.94. The van der Waals surface area contributed by atoms with E-state index < -0.39 is 0 Å². The Labute approximate surface area is 134 Å². The van der Waals surface area contributed by atoms with E-state index >= 15 is 0 Å². The Balaban J connectivity index is 0.00000191. The molecule has 0 spiro atoms. The van der Waals surface area contributed by atoms with Crippen LogP contribution in [0.15, 0.2) is 12.1 Å². The van der Waals surface area contributed by atoms with Crippen LogP contribution in [0.3, 0.4) is 0 Å². The van der Waals surface area contributed by atoms with Gasteiger partial charge in [0.25, 0.3) is 0 Å². The predicted molar refractivity (Wildman–Crippen MR) is 98.3 cm³/mol. The molecule has 0 saturated carbocycles. The summed E-state index contributed by atoms with van der Waals surface area (Å²) >= 11 is 0. The van der Waals surface area contributed by atoms with E-state index in [4.69, 9.17) is 0 Å². The zero-order chi connectivity index (χ0) is 16.1. The van der Waals surface area contributed by atoms with Crippen molar-refractivity contribution >= 4 is 0 Å². The molecule has 0 nitrogen and oxygen atoms in total. The fourth-order valence-corrected chi connectivity index (χ4v) is 2.78. The van der Waals surface area contributed by atoms with Gasteiger partial charge in [-0.3, -0.25) is 0 Å². The molecular weight excluding hydrogens is 252 g/mol. The number of hydrogen-bond donors (Lipinski definition) is 0. The minimum atomic E-state index is 1.26. The van der Waals surface area contributed by atoms with Gasteiger partial charge in [-0.1, -0.05) is 71.9 Å². The first kappa shape index (κ1) is 20.2. The summed E-state index contributed by atoms with van der Waals surface area (Å²) in [6, 6.07) is 4.89. The molecule has 0 saturated heterocycles. The maximum absolute atomic E-state index is 2.45. The number of rotatable bonds is 9. The van der Waals surface area contributed by atoms with Crippen molar-refractivity contribution in [3.05, 3.63) is 34.4 Å². The minimum Gasteiger partial charge on any atom is -0.0683 e. The summed E-state index contributed by atoms with van der Waals surface area (Å²) in [5.41, 5.74) is 6.16. The van der Waals surface area contributed by atoms with Crippen molar-refractivity contribution in [1.29, 1.82) is 0 Å². The van der Waals surface area contributed by atoms with Gasteiger partial charge in [0.05, 0.1) is 0 Å². The molecule has 1 aromatic rings. The second kappa shape index (κ2) is 12.9. The normalized spacial score (nSPS) is 10.2. The van der Waals surface area contributed by atoms with Crippen LogP contribution in [0, 0.1) is 13.8 Å². The van der Waals surface area contributed by atoms with Crippen molar-refractivity contribution in [1.82, 2.24) is 0 Å². The number of unbranched alkanes of at least 4 members (excludes halogenated alkanes) is 5. The average Bonchev–Trinajstić information content (AvgIpc) is 2.50. The molecule has 1 aromatic carbocycles. The highest BCUT2D eigenvalue weighted by atomic mass is 14.1. The Hall–Kier alpha value is -0.780. The molecule has 0 aliphatic rings. The van der Waals surface area contributed by atoms with Crippen LogP contribution in [-0.2, 0) is 12.8 Å². The molecule has 0 aliphatic heterocycles. The van der Waals surface area contributed by atoms with Crippen LogP contribution in [0.25, 0.3) is 0 Å². The van der Waals surface area contributed by atoms with Gasteiger partial charge in [0.2, 0.25) is 0 Å². The maximum Gasteiger partial charge on any atom is -0.0276 e. The molecule has 0 amide bonds. The topological polar surface area (TPSA) is 0 Å². The van der Waals surface area contributed by atoms with Crippen LogP contribution in [0.2, 0.25) is 0 Å². The molecule has 0 aliphatic carbocycles. The molecule has 0 aromatic heterocycles. The summed E-state index contributed by atoms with van der Waals surface area (Å²) in [4.78, 5) is 0. The SMILES string of the molecule is CC.CCCCCCc1cc(C)c(CCCCC)cc1C. The quantitative estimate of drug-likeness (QED) is 0.422. The fraction of sp³-hybridized carbons (Fsp3) is 0.714. The molecule has 122 valence electrons. The fourth-order valence-electron chi connectivity index (χ4n) is 2.78. The van der Waals surface area contributed by atoms with Gasteiger partial charge < -0.3 is 0 Å². The van der Waals surface area contributed by atoms with Crippen molar-refractivity contribution in [3.63, 3.8) is 0 Å². The average molecular weight is 291 g/mol. The summed E-state index contributed by atoms with van der Waals surface area (Å²) in [6.07, 6.45) is 12.0. The van der Waals surface area contributed by atoms with Crippen molar-refractivity contribution in [2.45, 2.75) is 99.3 Å². The lowest BCUT2D eigenvalue weighted by Crippen LogP contribution is -1.97. The second-order valence-electron chi connectivity index (χ2n) is 5.97. The lowest BCUT2D eigenvalue weighted by molar-refractivity contribution is 0.665. The first-order valence-electron chi connectivity index (χ1n) is 9.28. The predicted octanol–water partition coefficient (Wildman–Crippen LogP) is 7.19. The van der Waals surface area contributed by atoms with Crippen LogP contribution in [0.1, 0.15) is 94.9 Å². The first-order chi connectivity index (χ1) is 10.2. The Kier molecular flexibility index (Phi) is 12.4. The van der Waals surface area contributed by atoms with Crippen molar-refractivity contribution < 1.29 is 0 Å². The molecular formula is C21H38. The van der Waals surface area contributed by atoms with Gasteiger partial charge in [-0.15, -0.1) is 0 Å². The van der Waals surface area contributed by atoms with Crippen LogP contribution < -0.4 is 0 Å². The van der Waals surface area contributed by atoms with Gasteiger partial charge in [0, 0.05) is 0 Å². The summed E-state index contributed by atoms with van der Waals surface area (Å²) in [5, 5.41) is 0. The zero-order valence-corrected chi connectivity index (χ0v) is 15.5. The summed E-state index contributed by atoms with van der Waals surface area (Å²) in [5.74, 6) is 0. The molecule has 21 heavy (non-hydrogen) atoms. The highest BCUT2D eigenvalue weighted by Crippen LogP contribution is 2.20. The molecule has 0 unspecified atom stereocenters. The summed E-state index contributed by atoms with van der Waals surface area (Å²) < 4.78 is 0. The Bertz CT molecular complexity index is 363. The van der Waals surface area contributed by atoms with Gasteiger partial charge in [0.15, 0.2) is 0 Å². The Morgan fingerprint density at radius 1 is 0.619 bits per heavy atom. The smallest absolute Gasteiger partial charge is 0.0276 e. The molecule has 0 atom stereocenters. The Morgan fingerprint density at radius 2 is 1.00 bits per heavy atom. The van der Waals surface area contributed by atoms with Gasteiger partial charge in [-0.05, 0) is 61.8 Å². The lowest BCUT2D eigenvalue weighted by Gasteiger charge is -2.12. The van der Waals surface area contributed by atoms with Crippen molar-refractivity contribution in [2.75, 3.05) is 0 Å². The molecule has 0 N–H and O–H groups in total. The number of hydrogen-bond acceptors (Lipinski definition) is 0. The third-order valence-corrected chi connectivity index (χ3v) is 4.14. The van der Waals surface area contributed by atoms with Gasteiger partial charge in [-0.2, -0.15) is 0 Å². The molecule has 1 rings (SSSR count). The summed E-state index contributed by atoms with van der Waals surface area (Å²) in [7, 11) is 0. The van der Waals surface area contributed by atoms with E-state index in [0.29, 0.717) is 0 Å². The van der Waals surface area contributed by atoms with Crippen LogP contribution in [0.5, 0.6) is 0 Å². The van der Waals surface area contributed by atoms with E-state index in [2.05, 4.69) is 39.8 Å². The zero-order valence-electron chi connectivity index (χ0n) is 15.5. The van der Waals surface area contributed by atoms with Gasteiger partial charge >= 0.3 is 0 Å². The monoisotopic (exact) mass is 290 g/mol. The molecule has 0 fully saturated rings. The highest BCUT2D eigenvalue weighted by molar-refractivity contribution is 5.37. The van der Waals surface area contributed by atoms with Crippen molar-refractivity contribution in [3.8, 4) is 0 Å². The van der Waals surface area contributed by atoms with E-state index in [1.807, 2.05) is 13.8 Å². The molecule has 0 heterocycles. The van der Waals surface area contributed by atoms with Crippen LogP contribution in [-0.4, -0.2) is 0 Å². The molecule has 0 radical (unpaired) electrons. The molecule has 0 bridgehead atoms.